The summed E-state index contributed by atoms with van der Waals surface area (Å²) < 4.78 is 23.2. The first-order chi connectivity index (χ1) is 10.8. The summed E-state index contributed by atoms with van der Waals surface area (Å²) in [6, 6.07) is 10.3. The number of rotatable bonds is 8. The molecule has 23 heavy (non-hydrogen) atoms. The van der Waals surface area contributed by atoms with E-state index in [2.05, 4.69) is 17.0 Å². The quantitative estimate of drug-likeness (QED) is 0.765. The zero-order valence-electron chi connectivity index (χ0n) is 14.1. The minimum absolute atomic E-state index is 0.157. The van der Waals surface area contributed by atoms with E-state index in [4.69, 9.17) is 0 Å². The van der Waals surface area contributed by atoms with E-state index < -0.39 is 15.4 Å². The molecule has 1 unspecified atom stereocenters. The molecule has 0 saturated carbocycles. The summed E-state index contributed by atoms with van der Waals surface area (Å²) in [7, 11) is -1.08. The molecule has 1 N–H and O–H groups in total. The number of nitrogens with zero attached hydrogens (tertiary/aromatic N) is 2. The number of hydrogen-bond donors (Lipinski definition) is 1. The van der Waals surface area contributed by atoms with Gasteiger partial charge < -0.3 is 10.0 Å². The van der Waals surface area contributed by atoms with Crippen LogP contribution < -0.4 is 0 Å². The van der Waals surface area contributed by atoms with Crippen LogP contribution in [0.3, 0.4) is 0 Å². The summed E-state index contributed by atoms with van der Waals surface area (Å²) in [6.07, 6.45) is 0.727. The molecule has 0 bridgehead atoms. The third-order valence-electron chi connectivity index (χ3n) is 4.45. The molecular weight excluding hydrogens is 312 g/mol. The van der Waals surface area contributed by atoms with Gasteiger partial charge in [-0.25, -0.2) is 8.42 Å². The van der Waals surface area contributed by atoms with Gasteiger partial charge in [-0.1, -0.05) is 37.3 Å². The minimum Gasteiger partial charge on any atom is -0.387 e. The van der Waals surface area contributed by atoms with Gasteiger partial charge in [-0.3, -0.25) is 4.90 Å². The van der Waals surface area contributed by atoms with E-state index in [0.29, 0.717) is 19.6 Å². The highest BCUT2D eigenvalue weighted by Gasteiger charge is 2.36. The van der Waals surface area contributed by atoms with Crippen molar-refractivity contribution < 1.29 is 13.5 Å². The number of β-amino-alcohol motifs (C(OH)–C–C–N with tert-alkyl or cyclic N) is 1. The molecule has 0 aromatic heterocycles. The van der Waals surface area contributed by atoms with Crippen molar-refractivity contribution in [2.75, 3.05) is 44.7 Å². The lowest BCUT2D eigenvalue weighted by Gasteiger charge is -2.29. The van der Waals surface area contributed by atoms with Gasteiger partial charge in [0.15, 0.2) is 9.84 Å². The largest absolute Gasteiger partial charge is 0.387 e. The summed E-state index contributed by atoms with van der Waals surface area (Å²) in [5.41, 5.74) is 0.499. The van der Waals surface area contributed by atoms with E-state index >= 15 is 0 Å². The van der Waals surface area contributed by atoms with Crippen LogP contribution in [0.25, 0.3) is 0 Å². The Morgan fingerprint density at radius 2 is 2.00 bits per heavy atom. The Bertz CT molecular complexity index is 591. The van der Waals surface area contributed by atoms with Crippen molar-refractivity contribution in [1.82, 2.24) is 9.80 Å². The molecular formula is C17H28N2O3S. The Morgan fingerprint density at radius 3 is 2.65 bits per heavy atom. The number of likely N-dealkylation sites (N-methyl/N-ethyl adjacent to an activating group) is 1. The van der Waals surface area contributed by atoms with Gasteiger partial charge in [-0.05, 0) is 19.0 Å². The van der Waals surface area contributed by atoms with E-state index in [1.807, 2.05) is 30.1 Å². The fourth-order valence-corrected chi connectivity index (χ4v) is 3.95. The van der Waals surface area contributed by atoms with Crippen LogP contribution in [-0.2, 0) is 16.4 Å². The maximum atomic E-state index is 11.6. The van der Waals surface area contributed by atoms with Crippen molar-refractivity contribution in [2.45, 2.75) is 25.5 Å². The molecule has 1 saturated heterocycles. The van der Waals surface area contributed by atoms with Crippen molar-refractivity contribution in [1.29, 1.82) is 0 Å². The fourth-order valence-electron chi connectivity index (χ4n) is 3.07. The van der Waals surface area contributed by atoms with Gasteiger partial charge in [-0.15, -0.1) is 0 Å². The highest BCUT2D eigenvalue weighted by molar-refractivity contribution is 7.91. The molecule has 1 aromatic rings. The molecule has 5 nitrogen and oxygen atoms in total. The zero-order chi connectivity index (χ0) is 16.9. The molecule has 1 atom stereocenters. The Morgan fingerprint density at radius 1 is 1.30 bits per heavy atom. The lowest BCUT2D eigenvalue weighted by molar-refractivity contribution is 0.0194. The van der Waals surface area contributed by atoms with Crippen LogP contribution in [0, 0.1) is 0 Å². The summed E-state index contributed by atoms with van der Waals surface area (Å²) in [5.74, 6) is 0.333. The van der Waals surface area contributed by atoms with Crippen LogP contribution in [0.15, 0.2) is 30.3 Å². The maximum Gasteiger partial charge on any atom is 0.151 e. The molecule has 0 amide bonds. The average molecular weight is 340 g/mol. The predicted octanol–water partition coefficient (Wildman–Crippen LogP) is 0.990. The molecule has 130 valence electrons. The van der Waals surface area contributed by atoms with E-state index in [1.165, 1.54) is 5.56 Å². The molecule has 0 radical (unpaired) electrons. The third-order valence-corrected chi connectivity index (χ3v) is 6.13. The Labute approximate surface area is 139 Å². The van der Waals surface area contributed by atoms with Gasteiger partial charge in [0.05, 0.1) is 11.4 Å². The van der Waals surface area contributed by atoms with Gasteiger partial charge >= 0.3 is 0 Å². The molecule has 2 rings (SSSR count). The van der Waals surface area contributed by atoms with Crippen LogP contribution >= 0.6 is 0 Å². The lowest BCUT2D eigenvalue weighted by Crippen LogP contribution is -2.44. The second-order valence-corrected chi connectivity index (χ2v) is 9.12. The normalized spacial score (nSPS) is 22.8. The second kappa shape index (κ2) is 7.75. The first-order valence-corrected chi connectivity index (χ1v) is 10.0. The molecule has 1 heterocycles. The first kappa shape index (κ1) is 18.4. The number of aliphatic hydroxyl groups is 1. The minimum atomic E-state index is -2.95. The van der Waals surface area contributed by atoms with Gasteiger partial charge in [0.25, 0.3) is 0 Å². The highest BCUT2D eigenvalue weighted by Crippen LogP contribution is 2.23. The van der Waals surface area contributed by atoms with Crippen LogP contribution in [0.5, 0.6) is 0 Å². The van der Waals surface area contributed by atoms with Crippen molar-refractivity contribution in [2.24, 2.45) is 0 Å². The van der Waals surface area contributed by atoms with E-state index in [-0.39, 0.29) is 11.5 Å². The topological polar surface area (TPSA) is 60.9 Å². The number of benzene rings is 1. The van der Waals surface area contributed by atoms with Gasteiger partial charge in [0.2, 0.25) is 0 Å². The molecule has 1 aromatic carbocycles. The highest BCUT2D eigenvalue weighted by atomic mass is 32.2. The van der Waals surface area contributed by atoms with Crippen molar-refractivity contribution in [3.63, 3.8) is 0 Å². The van der Waals surface area contributed by atoms with E-state index in [0.717, 1.165) is 19.5 Å². The van der Waals surface area contributed by atoms with Crippen molar-refractivity contribution >= 4 is 9.84 Å². The number of likely N-dealkylation sites (tertiary alicyclic amines) is 1. The number of sulfone groups is 1. The van der Waals surface area contributed by atoms with Gasteiger partial charge in [0, 0.05) is 38.5 Å². The van der Waals surface area contributed by atoms with Crippen LogP contribution in [-0.4, -0.2) is 73.7 Å². The second-order valence-electron chi connectivity index (χ2n) is 6.64. The Kier molecular flexibility index (Phi) is 6.19. The van der Waals surface area contributed by atoms with Gasteiger partial charge in [0.1, 0.15) is 0 Å². The standard InChI is InChI=1S/C17H28N2O3S/c1-3-23(21,22)12-11-18(2)14-17(20)9-10-19(15-17)13-16-7-5-4-6-8-16/h4-8,20H,3,9-15H2,1-2H3. The Balaban J connectivity index is 1.81. The zero-order valence-corrected chi connectivity index (χ0v) is 14.9. The first-order valence-electron chi connectivity index (χ1n) is 8.19. The van der Waals surface area contributed by atoms with E-state index in [1.54, 1.807) is 6.92 Å². The average Bonchev–Trinajstić information content (AvgIpc) is 2.87. The van der Waals surface area contributed by atoms with Crippen LogP contribution in [0.2, 0.25) is 0 Å². The molecule has 1 fully saturated rings. The summed E-state index contributed by atoms with van der Waals surface area (Å²) in [6.45, 7) is 4.99. The summed E-state index contributed by atoms with van der Waals surface area (Å²) >= 11 is 0. The molecule has 1 aliphatic rings. The fraction of sp³-hybridized carbons (Fsp3) is 0.647. The molecule has 0 aliphatic carbocycles. The predicted molar refractivity (Wildman–Crippen MR) is 93.1 cm³/mol. The smallest absolute Gasteiger partial charge is 0.151 e. The van der Waals surface area contributed by atoms with Gasteiger partial charge in [-0.2, -0.15) is 0 Å². The Hall–Kier alpha value is -0.950. The SMILES string of the molecule is CCS(=O)(=O)CCN(C)CC1(O)CCN(Cc2ccccc2)C1. The molecule has 0 spiro atoms. The monoisotopic (exact) mass is 340 g/mol. The lowest BCUT2D eigenvalue weighted by atomic mass is 10.0. The molecule has 6 heteroatoms. The summed E-state index contributed by atoms with van der Waals surface area (Å²) in [5, 5.41) is 10.8. The maximum absolute atomic E-state index is 11.6. The summed E-state index contributed by atoms with van der Waals surface area (Å²) in [4.78, 5) is 4.19. The van der Waals surface area contributed by atoms with Crippen molar-refractivity contribution in [3.8, 4) is 0 Å². The van der Waals surface area contributed by atoms with Crippen LogP contribution in [0.4, 0.5) is 0 Å². The molecule has 1 aliphatic heterocycles. The van der Waals surface area contributed by atoms with Crippen molar-refractivity contribution in [3.05, 3.63) is 35.9 Å². The van der Waals surface area contributed by atoms with E-state index in [9.17, 15) is 13.5 Å². The number of hydrogen-bond acceptors (Lipinski definition) is 5. The van der Waals surface area contributed by atoms with Crippen LogP contribution in [0.1, 0.15) is 18.9 Å². The third kappa shape index (κ3) is 5.88.